The van der Waals surface area contributed by atoms with E-state index in [1.165, 1.54) is 19.3 Å². The second kappa shape index (κ2) is 6.23. The van der Waals surface area contributed by atoms with E-state index in [9.17, 15) is 9.90 Å². The largest absolute Gasteiger partial charge is 0.395 e. The van der Waals surface area contributed by atoms with E-state index in [2.05, 4.69) is 11.8 Å². The molecule has 0 spiro atoms. The van der Waals surface area contributed by atoms with Crippen molar-refractivity contribution >= 4 is 5.78 Å². The van der Waals surface area contributed by atoms with E-state index in [0.29, 0.717) is 6.42 Å². The van der Waals surface area contributed by atoms with Gasteiger partial charge in [-0.15, -0.1) is 0 Å². The fraction of sp³-hybridized carbons (Fsp3) is 0.917. The fourth-order valence-corrected chi connectivity index (χ4v) is 2.51. The van der Waals surface area contributed by atoms with E-state index in [4.69, 9.17) is 0 Å². The number of aliphatic hydroxyl groups is 1. The number of ketones is 1. The van der Waals surface area contributed by atoms with Crippen molar-refractivity contribution in [1.82, 2.24) is 4.90 Å². The summed E-state index contributed by atoms with van der Waals surface area (Å²) in [5.74, 6) is 0.239. The first-order valence-corrected chi connectivity index (χ1v) is 6.01. The number of hydrogen-bond donors (Lipinski definition) is 1. The molecule has 0 amide bonds. The predicted molar refractivity (Wildman–Crippen MR) is 60.8 cm³/mol. The van der Waals surface area contributed by atoms with Gasteiger partial charge < -0.3 is 5.11 Å². The molecule has 1 N–H and O–H groups in total. The summed E-state index contributed by atoms with van der Waals surface area (Å²) in [5.41, 5.74) is 0. The minimum Gasteiger partial charge on any atom is -0.395 e. The molecule has 2 atom stereocenters. The van der Waals surface area contributed by atoms with Gasteiger partial charge in [0.25, 0.3) is 0 Å². The molecule has 0 aromatic carbocycles. The first-order valence-electron chi connectivity index (χ1n) is 6.01. The zero-order valence-electron chi connectivity index (χ0n) is 9.91. The van der Waals surface area contributed by atoms with Crippen LogP contribution >= 0.6 is 0 Å². The van der Waals surface area contributed by atoms with Crippen LogP contribution < -0.4 is 0 Å². The number of hydrogen-bond acceptors (Lipinski definition) is 3. The Hall–Kier alpha value is -0.410. The molecule has 1 fully saturated rings. The van der Waals surface area contributed by atoms with Crippen LogP contribution in [0.25, 0.3) is 0 Å². The van der Waals surface area contributed by atoms with E-state index in [1.54, 1.807) is 6.92 Å². The summed E-state index contributed by atoms with van der Waals surface area (Å²) >= 11 is 0. The van der Waals surface area contributed by atoms with E-state index < -0.39 is 0 Å². The molecule has 0 aromatic rings. The van der Waals surface area contributed by atoms with Crippen LogP contribution in [0, 0.1) is 0 Å². The Labute approximate surface area is 92.5 Å². The molecule has 1 aliphatic heterocycles. The van der Waals surface area contributed by atoms with Gasteiger partial charge in [-0.1, -0.05) is 12.8 Å². The smallest absolute Gasteiger partial charge is 0.131 e. The summed E-state index contributed by atoms with van der Waals surface area (Å²) in [6.07, 6.45) is 5.32. The molecule has 0 saturated carbocycles. The zero-order chi connectivity index (χ0) is 11.3. The van der Waals surface area contributed by atoms with Gasteiger partial charge in [-0.25, -0.2) is 0 Å². The summed E-state index contributed by atoms with van der Waals surface area (Å²) in [7, 11) is 0. The normalized spacial score (nSPS) is 25.9. The van der Waals surface area contributed by atoms with Gasteiger partial charge in [-0.2, -0.15) is 0 Å². The van der Waals surface area contributed by atoms with Crippen LogP contribution in [0.4, 0.5) is 0 Å². The summed E-state index contributed by atoms with van der Waals surface area (Å²) < 4.78 is 0. The number of nitrogens with zero attached hydrogens (tertiary/aromatic N) is 1. The van der Waals surface area contributed by atoms with E-state index in [1.807, 2.05) is 0 Å². The quantitative estimate of drug-likeness (QED) is 0.771. The van der Waals surface area contributed by atoms with Crippen LogP contribution in [-0.4, -0.2) is 41.0 Å². The highest BCUT2D eigenvalue weighted by atomic mass is 16.3. The van der Waals surface area contributed by atoms with Gasteiger partial charge in [0, 0.05) is 18.5 Å². The van der Waals surface area contributed by atoms with Crippen molar-refractivity contribution in [2.45, 2.75) is 58.0 Å². The van der Waals surface area contributed by atoms with E-state index in [0.717, 1.165) is 13.0 Å². The zero-order valence-corrected chi connectivity index (χ0v) is 9.91. The van der Waals surface area contributed by atoms with Crippen molar-refractivity contribution in [2.24, 2.45) is 0 Å². The number of carbonyl (C=O) groups is 1. The second-order valence-corrected chi connectivity index (χ2v) is 4.68. The Balaban J connectivity index is 2.56. The Bertz CT molecular complexity index is 206. The topological polar surface area (TPSA) is 40.5 Å². The lowest BCUT2D eigenvalue weighted by Gasteiger charge is -2.33. The molecule has 1 rings (SSSR count). The standard InChI is InChI=1S/C12H23NO2/c1-10(8-11(2)15)13-7-5-3-4-6-12(13)9-14/h10,12,14H,3-9H2,1-2H3. The molecule has 0 aliphatic carbocycles. The number of rotatable bonds is 4. The molecule has 2 unspecified atom stereocenters. The molecule has 1 saturated heterocycles. The summed E-state index contributed by atoms with van der Waals surface area (Å²) in [5, 5.41) is 9.34. The van der Waals surface area contributed by atoms with Crippen molar-refractivity contribution in [3.8, 4) is 0 Å². The first kappa shape index (κ1) is 12.7. The Morgan fingerprint density at radius 3 is 2.80 bits per heavy atom. The first-order chi connectivity index (χ1) is 7.15. The average Bonchev–Trinajstić information content (AvgIpc) is 2.40. The van der Waals surface area contributed by atoms with Gasteiger partial charge in [0.15, 0.2) is 0 Å². The van der Waals surface area contributed by atoms with Crippen LogP contribution in [0.2, 0.25) is 0 Å². The number of likely N-dealkylation sites (tertiary alicyclic amines) is 1. The maximum atomic E-state index is 11.1. The lowest BCUT2D eigenvalue weighted by molar-refractivity contribution is -0.118. The van der Waals surface area contributed by atoms with Gasteiger partial charge in [-0.05, 0) is 33.2 Å². The van der Waals surface area contributed by atoms with Crippen molar-refractivity contribution < 1.29 is 9.90 Å². The van der Waals surface area contributed by atoms with Gasteiger partial charge in [0.1, 0.15) is 5.78 Å². The van der Waals surface area contributed by atoms with E-state index >= 15 is 0 Å². The third kappa shape index (κ3) is 3.92. The van der Waals surface area contributed by atoms with Crippen molar-refractivity contribution in [3.05, 3.63) is 0 Å². The lowest BCUT2D eigenvalue weighted by atomic mass is 10.1. The van der Waals surface area contributed by atoms with Crippen LogP contribution in [0.1, 0.15) is 46.0 Å². The SMILES string of the molecule is CC(=O)CC(C)N1CCCCCC1CO. The third-order valence-corrected chi connectivity index (χ3v) is 3.28. The van der Waals surface area contributed by atoms with Crippen LogP contribution in [0.15, 0.2) is 0 Å². The second-order valence-electron chi connectivity index (χ2n) is 4.68. The molecule has 3 nitrogen and oxygen atoms in total. The number of carbonyl (C=O) groups excluding carboxylic acids is 1. The minimum absolute atomic E-state index is 0.224. The molecule has 3 heteroatoms. The van der Waals surface area contributed by atoms with Crippen LogP contribution in [0.5, 0.6) is 0 Å². The molecular weight excluding hydrogens is 190 g/mol. The molecule has 88 valence electrons. The molecule has 0 radical (unpaired) electrons. The van der Waals surface area contributed by atoms with Crippen molar-refractivity contribution in [3.63, 3.8) is 0 Å². The van der Waals surface area contributed by atoms with Crippen LogP contribution in [0.3, 0.4) is 0 Å². The van der Waals surface area contributed by atoms with Gasteiger partial charge in [-0.3, -0.25) is 9.69 Å². The predicted octanol–water partition coefficient (Wildman–Crippen LogP) is 1.59. The van der Waals surface area contributed by atoms with Gasteiger partial charge in [0.2, 0.25) is 0 Å². The van der Waals surface area contributed by atoms with Gasteiger partial charge in [0.05, 0.1) is 6.61 Å². The maximum absolute atomic E-state index is 11.1. The lowest BCUT2D eigenvalue weighted by Crippen LogP contribution is -2.44. The van der Waals surface area contributed by atoms with Crippen LogP contribution in [-0.2, 0) is 4.79 Å². The molecule has 15 heavy (non-hydrogen) atoms. The average molecular weight is 213 g/mol. The minimum atomic E-state index is 0.224. The number of aliphatic hydroxyl groups excluding tert-OH is 1. The van der Waals surface area contributed by atoms with E-state index in [-0.39, 0.29) is 24.5 Å². The molecule has 0 bridgehead atoms. The summed E-state index contributed by atoms with van der Waals surface area (Å²) in [6, 6.07) is 0.541. The Morgan fingerprint density at radius 1 is 1.47 bits per heavy atom. The molecular formula is C12H23NO2. The molecule has 0 aromatic heterocycles. The Kier molecular flexibility index (Phi) is 5.26. The van der Waals surface area contributed by atoms with Crippen molar-refractivity contribution in [1.29, 1.82) is 0 Å². The highest BCUT2D eigenvalue weighted by molar-refractivity contribution is 5.76. The summed E-state index contributed by atoms with van der Waals surface area (Å²) in [6.45, 7) is 4.99. The summed E-state index contributed by atoms with van der Waals surface area (Å²) in [4.78, 5) is 13.4. The fourth-order valence-electron chi connectivity index (χ4n) is 2.51. The maximum Gasteiger partial charge on any atom is 0.131 e. The monoisotopic (exact) mass is 213 g/mol. The Morgan fingerprint density at radius 2 is 2.20 bits per heavy atom. The molecule has 1 heterocycles. The third-order valence-electron chi connectivity index (χ3n) is 3.28. The highest BCUT2D eigenvalue weighted by Crippen LogP contribution is 2.20. The van der Waals surface area contributed by atoms with Crippen molar-refractivity contribution in [2.75, 3.05) is 13.2 Å². The number of Topliss-reactive ketones (excluding diaryl/α,β-unsaturated/α-hetero) is 1. The highest BCUT2D eigenvalue weighted by Gasteiger charge is 2.25. The molecule has 1 aliphatic rings. The van der Waals surface area contributed by atoms with Gasteiger partial charge >= 0.3 is 0 Å².